The van der Waals surface area contributed by atoms with Crippen molar-refractivity contribution in [3.8, 4) is 0 Å². The van der Waals surface area contributed by atoms with Gasteiger partial charge in [0.15, 0.2) is 15.8 Å². The van der Waals surface area contributed by atoms with Gasteiger partial charge in [-0.05, 0) is 25.3 Å². The first-order valence-corrected chi connectivity index (χ1v) is 11.1. The molecule has 0 saturated carbocycles. The summed E-state index contributed by atoms with van der Waals surface area (Å²) in [7, 11) is -1.08. The zero-order valence-corrected chi connectivity index (χ0v) is 19.4. The van der Waals surface area contributed by atoms with Crippen LogP contribution in [0.15, 0.2) is 35.3 Å². The van der Waals surface area contributed by atoms with Crippen LogP contribution in [0.3, 0.4) is 0 Å². The predicted octanol–water partition coefficient (Wildman–Crippen LogP) is 2.54. The van der Waals surface area contributed by atoms with Gasteiger partial charge in [0.1, 0.15) is 0 Å². The number of benzene rings is 1. The Bertz CT molecular complexity index is 662. The molecule has 0 aromatic heterocycles. The molecule has 8 heteroatoms. The van der Waals surface area contributed by atoms with Crippen LogP contribution in [0.5, 0.6) is 0 Å². The molecule has 0 spiro atoms. The molecule has 27 heavy (non-hydrogen) atoms. The first-order chi connectivity index (χ1) is 12.5. The summed E-state index contributed by atoms with van der Waals surface area (Å²) in [4.78, 5) is 6.70. The topological polar surface area (TPSA) is 71.0 Å². The second kappa shape index (κ2) is 12.6. The van der Waals surface area contributed by atoms with Gasteiger partial charge in [-0.3, -0.25) is 4.99 Å². The summed E-state index contributed by atoms with van der Waals surface area (Å²) in [5, 5.41) is 3.28. The lowest BCUT2D eigenvalue weighted by molar-refractivity contribution is 0.181. The molecular formula is C19H32IN3O3S. The molecule has 0 bridgehead atoms. The zero-order valence-electron chi connectivity index (χ0n) is 16.3. The number of ether oxygens (including phenoxy) is 1. The Morgan fingerprint density at radius 1 is 1.33 bits per heavy atom. The van der Waals surface area contributed by atoms with Crippen molar-refractivity contribution in [2.24, 2.45) is 10.9 Å². The molecule has 1 atom stereocenters. The van der Waals surface area contributed by atoms with Gasteiger partial charge in [-0.2, -0.15) is 0 Å². The van der Waals surface area contributed by atoms with Crippen molar-refractivity contribution in [2.75, 3.05) is 45.6 Å². The van der Waals surface area contributed by atoms with Crippen molar-refractivity contribution in [1.82, 2.24) is 10.2 Å². The van der Waals surface area contributed by atoms with Crippen molar-refractivity contribution < 1.29 is 13.2 Å². The van der Waals surface area contributed by atoms with Crippen molar-refractivity contribution >= 4 is 39.8 Å². The summed E-state index contributed by atoms with van der Waals surface area (Å²) in [5.74, 6) is 1.62. The quantitative estimate of drug-likeness (QED) is 0.240. The molecule has 0 radical (unpaired) electrons. The van der Waals surface area contributed by atoms with Crippen LogP contribution in [0.2, 0.25) is 0 Å². The fourth-order valence-electron chi connectivity index (χ4n) is 3.04. The zero-order chi connectivity index (χ0) is 18.8. The minimum atomic E-state index is -3.10. The number of nitrogens with one attached hydrogen (secondary N) is 1. The number of nitrogens with zero attached hydrogens (tertiary/aromatic N) is 2. The first kappa shape index (κ1) is 24.2. The Morgan fingerprint density at radius 2 is 2.07 bits per heavy atom. The molecule has 0 aliphatic carbocycles. The summed E-state index contributed by atoms with van der Waals surface area (Å²) in [6.07, 6.45) is 1.62. The van der Waals surface area contributed by atoms with Gasteiger partial charge >= 0.3 is 0 Å². The van der Waals surface area contributed by atoms with Gasteiger partial charge in [0.2, 0.25) is 0 Å². The first-order valence-electron chi connectivity index (χ1n) is 9.31. The van der Waals surface area contributed by atoms with Crippen LogP contribution in [0.25, 0.3) is 0 Å². The van der Waals surface area contributed by atoms with E-state index in [1.807, 2.05) is 44.3 Å². The van der Waals surface area contributed by atoms with E-state index in [9.17, 15) is 8.42 Å². The summed E-state index contributed by atoms with van der Waals surface area (Å²) in [6, 6.07) is 9.31. The summed E-state index contributed by atoms with van der Waals surface area (Å²) >= 11 is 0. The summed E-state index contributed by atoms with van der Waals surface area (Å²) < 4.78 is 29.9. The Hall–Kier alpha value is -0.870. The number of halogens is 1. The maximum atomic E-state index is 12.2. The minimum Gasteiger partial charge on any atom is -0.381 e. The highest BCUT2D eigenvalue weighted by Crippen LogP contribution is 2.13. The van der Waals surface area contributed by atoms with Crippen molar-refractivity contribution in [2.45, 2.75) is 25.5 Å². The molecule has 1 unspecified atom stereocenters. The third kappa shape index (κ3) is 9.25. The molecule has 6 nitrogen and oxygen atoms in total. The molecule has 0 amide bonds. The molecule has 2 rings (SSSR count). The molecule has 154 valence electrons. The largest absolute Gasteiger partial charge is 0.381 e. The minimum absolute atomic E-state index is 0. The van der Waals surface area contributed by atoms with E-state index in [1.54, 1.807) is 0 Å². The number of hydrogen-bond acceptors (Lipinski definition) is 4. The number of guanidine groups is 1. The number of aliphatic imine (C=N–C) groups is 1. The van der Waals surface area contributed by atoms with Crippen LogP contribution in [-0.2, 0) is 20.3 Å². The Balaban J connectivity index is 0.00000364. The van der Waals surface area contributed by atoms with Gasteiger partial charge in [-0.1, -0.05) is 30.3 Å². The van der Waals surface area contributed by atoms with Gasteiger partial charge in [-0.15, -0.1) is 24.0 Å². The monoisotopic (exact) mass is 509 g/mol. The molecule has 1 aliphatic heterocycles. The summed E-state index contributed by atoms with van der Waals surface area (Å²) in [5.41, 5.74) is 0.836. The van der Waals surface area contributed by atoms with Crippen molar-refractivity contribution in [1.29, 1.82) is 0 Å². The fourth-order valence-corrected chi connectivity index (χ4v) is 4.45. The molecule has 1 saturated heterocycles. The van der Waals surface area contributed by atoms with E-state index in [-0.39, 0.29) is 35.5 Å². The Morgan fingerprint density at radius 3 is 2.70 bits per heavy atom. The van der Waals surface area contributed by atoms with E-state index < -0.39 is 9.84 Å². The SMILES string of the molecule is CCNC(=NCCCS(=O)(=O)Cc1ccccc1)N(C)CC1CCOC1.I. The molecule has 1 aliphatic rings. The Kier molecular flexibility index (Phi) is 11.2. The van der Waals surface area contributed by atoms with Gasteiger partial charge in [-0.25, -0.2) is 8.42 Å². The van der Waals surface area contributed by atoms with Crippen LogP contribution in [0, 0.1) is 5.92 Å². The van der Waals surface area contributed by atoms with Crippen LogP contribution in [0.1, 0.15) is 25.3 Å². The van der Waals surface area contributed by atoms with E-state index in [2.05, 4.69) is 15.2 Å². The van der Waals surface area contributed by atoms with Crippen LogP contribution in [0.4, 0.5) is 0 Å². The number of hydrogen-bond donors (Lipinski definition) is 1. The average Bonchev–Trinajstić information content (AvgIpc) is 3.11. The lowest BCUT2D eigenvalue weighted by Gasteiger charge is -2.24. The van der Waals surface area contributed by atoms with Crippen LogP contribution >= 0.6 is 24.0 Å². The predicted molar refractivity (Wildman–Crippen MR) is 121 cm³/mol. The van der Waals surface area contributed by atoms with Gasteiger partial charge in [0, 0.05) is 39.2 Å². The standard InChI is InChI=1S/C19H31N3O3S.HI/c1-3-20-19(22(2)14-18-10-12-25-15-18)21-11-7-13-26(23,24)16-17-8-5-4-6-9-17;/h4-6,8-9,18H,3,7,10-16H2,1-2H3,(H,20,21);1H. The normalized spacial score (nSPS) is 17.4. The fraction of sp³-hybridized carbons (Fsp3) is 0.632. The third-order valence-corrected chi connectivity index (χ3v) is 6.04. The van der Waals surface area contributed by atoms with Crippen LogP contribution in [-0.4, -0.2) is 64.9 Å². The van der Waals surface area contributed by atoms with Gasteiger partial charge in [0.25, 0.3) is 0 Å². The molecule has 1 fully saturated rings. The highest BCUT2D eigenvalue weighted by atomic mass is 127. The smallest absolute Gasteiger partial charge is 0.193 e. The molecule has 1 heterocycles. The molecular weight excluding hydrogens is 477 g/mol. The van der Waals surface area contributed by atoms with Gasteiger partial charge in [0.05, 0.1) is 18.1 Å². The molecule has 1 aromatic carbocycles. The van der Waals surface area contributed by atoms with Crippen molar-refractivity contribution in [3.05, 3.63) is 35.9 Å². The highest BCUT2D eigenvalue weighted by Gasteiger charge is 2.19. The third-order valence-electron chi connectivity index (χ3n) is 4.36. The second-order valence-corrected chi connectivity index (χ2v) is 8.96. The van der Waals surface area contributed by atoms with E-state index >= 15 is 0 Å². The highest BCUT2D eigenvalue weighted by molar-refractivity contribution is 14.0. The lowest BCUT2D eigenvalue weighted by Crippen LogP contribution is -2.41. The van der Waals surface area contributed by atoms with E-state index in [0.29, 0.717) is 18.9 Å². The molecule has 1 aromatic rings. The summed E-state index contributed by atoms with van der Waals surface area (Å²) in [6.45, 7) is 5.87. The average molecular weight is 509 g/mol. The van der Waals surface area contributed by atoms with Gasteiger partial charge < -0.3 is 15.0 Å². The maximum Gasteiger partial charge on any atom is 0.193 e. The second-order valence-electron chi connectivity index (χ2n) is 6.78. The Labute approximate surface area is 180 Å². The molecule has 1 N–H and O–H groups in total. The van der Waals surface area contributed by atoms with E-state index in [4.69, 9.17) is 4.74 Å². The van der Waals surface area contributed by atoms with E-state index in [1.165, 1.54) is 0 Å². The number of rotatable bonds is 9. The van der Waals surface area contributed by atoms with Crippen LogP contribution < -0.4 is 5.32 Å². The van der Waals surface area contributed by atoms with Crippen molar-refractivity contribution in [3.63, 3.8) is 0 Å². The lowest BCUT2D eigenvalue weighted by atomic mass is 10.1. The maximum absolute atomic E-state index is 12.2. The number of sulfone groups is 1. The van der Waals surface area contributed by atoms with E-state index in [0.717, 1.165) is 44.2 Å².